The largest absolute Gasteiger partial charge is 0.338 e. The molecule has 2 amide bonds. The van der Waals surface area contributed by atoms with Crippen LogP contribution in [0.2, 0.25) is 0 Å². The number of carbonyl (C=O) groups excluding carboxylic acids is 1. The standard InChI is InChI=1S/C19H27N5O/c1-2-15-3-5-16(6-4-15)11-22-19(25)23-13-17-7-8-18(21-12-17)24-10-9-20-14-24/h7-10,12,14-16H,2-6,11,13H2,1H3,(H2,22,23,25). The maximum absolute atomic E-state index is 12.0. The van der Waals surface area contributed by atoms with Crippen molar-refractivity contribution >= 4 is 6.03 Å². The van der Waals surface area contributed by atoms with E-state index in [1.54, 1.807) is 18.7 Å². The van der Waals surface area contributed by atoms with Crippen LogP contribution in [0.3, 0.4) is 0 Å². The highest BCUT2D eigenvalue weighted by Crippen LogP contribution is 2.29. The molecular weight excluding hydrogens is 314 g/mol. The third-order valence-electron chi connectivity index (χ3n) is 5.13. The summed E-state index contributed by atoms with van der Waals surface area (Å²) < 4.78 is 1.84. The predicted octanol–water partition coefficient (Wildman–Crippen LogP) is 3.28. The Morgan fingerprint density at radius 3 is 2.64 bits per heavy atom. The number of nitrogens with one attached hydrogen (secondary N) is 2. The van der Waals surface area contributed by atoms with Crippen LogP contribution < -0.4 is 10.6 Å². The lowest BCUT2D eigenvalue weighted by molar-refractivity contribution is 0.229. The minimum absolute atomic E-state index is 0.101. The van der Waals surface area contributed by atoms with Gasteiger partial charge < -0.3 is 10.6 Å². The molecule has 1 saturated carbocycles. The minimum Gasteiger partial charge on any atom is -0.338 e. The fourth-order valence-electron chi connectivity index (χ4n) is 3.39. The summed E-state index contributed by atoms with van der Waals surface area (Å²) in [4.78, 5) is 20.4. The van der Waals surface area contributed by atoms with Gasteiger partial charge in [-0.3, -0.25) is 4.57 Å². The topological polar surface area (TPSA) is 71.8 Å². The first-order valence-corrected chi connectivity index (χ1v) is 9.19. The van der Waals surface area contributed by atoms with Gasteiger partial charge in [0.25, 0.3) is 0 Å². The second kappa shape index (κ2) is 8.65. The van der Waals surface area contributed by atoms with E-state index in [0.29, 0.717) is 12.5 Å². The second-order valence-electron chi connectivity index (χ2n) is 6.85. The van der Waals surface area contributed by atoms with Gasteiger partial charge in [0, 0.05) is 31.7 Å². The van der Waals surface area contributed by atoms with E-state index in [-0.39, 0.29) is 6.03 Å². The highest BCUT2D eigenvalue weighted by molar-refractivity contribution is 5.73. The number of nitrogens with zero attached hydrogens (tertiary/aromatic N) is 3. The van der Waals surface area contributed by atoms with Gasteiger partial charge in [0.1, 0.15) is 12.1 Å². The van der Waals surface area contributed by atoms with E-state index >= 15 is 0 Å². The number of urea groups is 1. The first kappa shape index (κ1) is 17.5. The maximum atomic E-state index is 12.0. The van der Waals surface area contributed by atoms with Gasteiger partial charge in [0.05, 0.1) is 0 Å². The third-order valence-corrected chi connectivity index (χ3v) is 5.13. The summed E-state index contributed by atoms with van der Waals surface area (Å²) in [5.41, 5.74) is 0.975. The van der Waals surface area contributed by atoms with Gasteiger partial charge >= 0.3 is 6.03 Å². The summed E-state index contributed by atoms with van der Waals surface area (Å²) in [5.74, 6) is 2.33. The second-order valence-corrected chi connectivity index (χ2v) is 6.85. The van der Waals surface area contributed by atoms with E-state index in [9.17, 15) is 4.79 Å². The van der Waals surface area contributed by atoms with Crippen molar-refractivity contribution < 1.29 is 4.79 Å². The first-order chi connectivity index (χ1) is 12.2. The molecule has 6 nitrogen and oxygen atoms in total. The van der Waals surface area contributed by atoms with Gasteiger partial charge in [-0.05, 0) is 36.3 Å². The van der Waals surface area contributed by atoms with E-state index in [1.807, 2.05) is 22.9 Å². The van der Waals surface area contributed by atoms with Gasteiger partial charge in [0.2, 0.25) is 0 Å². The number of carbonyl (C=O) groups is 1. The molecule has 2 N–H and O–H groups in total. The van der Waals surface area contributed by atoms with Crippen LogP contribution in [0.25, 0.3) is 5.82 Å². The number of rotatable bonds is 6. The van der Waals surface area contributed by atoms with Gasteiger partial charge in [-0.1, -0.05) is 32.3 Å². The van der Waals surface area contributed by atoms with Crippen LogP contribution in [0, 0.1) is 11.8 Å². The normalized spacial score (nSPS) is 20.2. The highest BCUT2D eigenvalue weighted by Gasteiger charge is 2.20. The van der Waals surface area contributed by atoms with E-state index in [0.717, 1.165) is 23.8 Å². The molecule has 0 aliphatic heterocycles. The summed E-state index contributed by atoms with van der Waals surface area (Å²) in [6.07, 6.45) is 13.4. The summed E-state index contributed by atoms with van der Waals surface area (Å²) in [6, 6.07) is 3.79. The van der Waals surface area contributed by atoms with Crippen molar-refractivity contribution in [3.8, 4) is 5.82 Å². The Balaban J connectivity index is 1.37. The fraction of sp³-hybridized carbons (Fsp3) is 0.526. The molecule has 25 heavy (non-hydrogen) atoms. The number of aromatic nitrogens is 3. The molecule has 1 aliphatic carbocycles. The Bertz CT molecular complexity index is 645. The minimum atomic E-state index is -0.101. The molecule has 0 unspecified atom stereocenters. The van der Waals surface area contributed by atoms with Gasteiger partial charge in [0.15, 0.2) is 0 Å². The molecule has 0 saturated heterocycles. The van der Waals surface area contributed by atoms with Crippen LogP contribution in [-0.4, -0.2) is 27.1 Å². The zero-order valence-electron chi connectivity index (χ0n) is 14.8. The van der Waals surface area contributed by atoms with Crippen molar-refractivity contribution in [2.24, 2.45) is 11.8 Å². The van der Waals surface area contributed by atoms with Crippen molar-refractivity contribution in [3.63, 3.8) is 0 Å². The molecule has 0 spiro atoms. The summed E-state index contributed by atoms with van der Waals surface area (Å²) in [5, 5.41) is 5.91. The van der Waals surface area contributed by atoms with E-state index < -0.39 is 0 Å². The van der Waals surface area contributed by atoms with Crippen LogP contribution in [0.1, 0.15) is 44.6 Å². The highest BCUT2D eigenvalue weighted by atomic mass is 16.2. The van der Waals surface area contributed by atoms with E-state index in [4.69, 9.17) is 0 Å². The van der Waals surface area contributed by atoms with Gasteiger partial charge in [-0.2, -0.15) is 0 Å². The average molecular weight is 341 g/mol. The summed E-state index contributed by atoms with van der Waals surface area (Å²) in [6.45, 7) is 3.53. The molecular formula is C19H27N5O. The number of hydrogen-bond donors (Lipinski definition) is 2. The molecule has 0 atom stereocenters. The first-order valence-electron chi connectivity index (χ1n) is 9.19. The van der Waals surface area contributed by atoms with Crippen LogP contribution in [0.4, 0.5) is 4.79 Å². The smallest absolute Gasteiger partial charge is 0.315 e. The molecule has 6 heteroatoms. The fourth-order valence-corrected chi connectivity index (χ4v) is 3.39. The van der Waals surface area contributed by atoms with E-state index in [1.165, 1.54) is 32.1 Å². The Kier molecular flexibility index (Phi) is 6.04. The predicted molar refractivity (Wildman–Crippen MR) is 97.3 cm³/mol. The zero-order chi connectivity index (χ0) is 17.5. The quantitative estimate of drug-likeness (QED) is 0.847. The number of hydrogen-bond acceptors (Lipinski definition) is 3. The lowest BCUT2D eigenvalue weighted by Gasteiger charge is -2.27. The molecule has 1 fully saturated rings. The van der Waals surface area contributed by atoms with Crippen LogP contribution in [0.5, 0.6) is 0 Å². The van der Waals surface area contributed by atoms with Crippen molar-refractivity contribution in [1.82, 2.24) is 25.2 Å². The number of imidazole rings is 1. The monoisotopic (exact) mass is 341 g/mol. The van der Waals surface area contributed by atoms with Crippen LogP contribution in [-0.2, 0) is 6.54 Å². The van der Waals surface area contributed by atoms with Crippen molar-refractivity contribution in [2.75, 3.05) is 6.54 Å². The molecule has 2 aromatic rings. The SMILES string of the molecule is CCC1CCC(CNC(=O)NCc2ccc(-n3ccnc3)nc2)CC1. The molecule has 0 aromatic carbocycles. The maximum Gasteiger partial charge on any atom is 0.315 e. The molecule has 0 radical (unpaired) electrons. The summed E-state index contributed by atoms with van der Waals surface area (Å²) in [7, 11) is 0. The number of pyridine rings is 1. The van der Waals surface area contributed by atoms with Crippen molar-refractivity contribution in [1.29, 1.82) is 0 Å². The van der Waals surface area contributed by atoms with Crippen molar-refractivity contribution in [2.45, 2.75) is 45.6 Å². The lowest BCUT2D eigenvalue weighted by Crippen LogP contribution is -2.38. The zero-order valence-corrected chi connectivity index (χ0v) is 14.8. The molecule has 0 bridgehead atoms. The van der Waals surface area contributed by atoms with Crippen LogP contribution >= 0.6 is 0 Å². The van der Waals surface area contributed by atoms with Gasteiger partial charge in [-0.25, -0.2) is 14.8 Å². The average Bonchev–Trinajstić information content (AvgIpc) is 3.20. The Morgan fingerprint density at radius 2 is 2.00 bits per heavy atom. The third kappa shape index (κ3) is 5.05. The number of amides is 2. The molecule has 3 rings (SSSR count). The molecule has 1 aliphatic rings. The Hall–Kier alpha value is -2.37. The molecule has 2 aromatic heterocycles. The van der Waals surface area contributed by atoms with Gasteiger partial charge in [-0.15, -0.1) is 0 Å². The Labute approximate surface area is 149 Å². The van der Waals surface area contributed by atoms with Crippen molar-refractivity contribution in [3.05, 3.63) is 42.6 Å². The summed E-state index contributed by atoms with van der Waals surface area (Å²) >= 11 is 0. The molecule has 134 valence electrons. The van der Waals surface area contributed by atoms with E-state index in [2.05, 4.69) is 27.5 Å². The van der Waals surface area contributed by atoms with Crippen LogP contribution in [0.15, 0.2) is 37.1 Å². The molecule has 2 heterocycles. The lowest BCUT2D eigenvalue weighted by atomic mass is 9.81. The Morgan fingerprint density at radius 1 is 1.20 bits per heavy atom.